The molecular formula is C27H29N3O3S2. The molecule has 0 saturated heterocycles. The van der Waals surface area contributed by atoms with Crippen molar-refractivity contribution in [1.29, 1.82) is 0 Å². The maximum atomic E-state index is 13.1. The predicted octanol–water partition coefficient (Wildman–Crippen LogP) is 5.81. The average molecular weight is 508 g/mol. The molecule has 0 unspecified atom stereocenters. The minimum Gasteiger partial charge on any atom is -0.494 e. The number of sulfone groups is 1. The van der Waals surface area contributed by atoms with Gasteiger partial charge in [0.25, 0.3) is 0 Å². The Morgan fingerprint density at radius 2 is 1.49 bits per heavy atom. The number of aromatic nitrogens is 3. The number of para-hydroxylation sites is 1. The Labute approximate surface area is 211 Å². The number of thioether (sulfide) groups is 1. The van der Waals surface area contributed by atoms with Gasteiger partial charge >= 0.3 is 0 Å². The monoisotopic (exact) mass is 507 g/mol. The Balaban J connectivity index is 1.42. The molecule has 0 spiro atoms. The molecule has 0 saturated carbocycles. The van der Waals surface area contributed by atoms with E-state index in [0.29, 0.717) is 17.6 Å². The molecule has 0 atom stereocenters. The lowest BCUT2D eigenvalue weighted by molar-refractivity contribution is 0.310. The van der Waals surface area contributed by atoms with Crippen molar-refractivity contribution < 1.29 is 13.2 Å². The highest BCUT2D eigenvalue weighted by molar-refractivity contribution is 7.99. The first kappa shape index (κ1) is 25.0. The van der Waals surface area contributed by atoms with E-state index in [1.807, 2.05) is 66.1 Å². The Bertz CT molecular complexity index is 1330. The second kappa shape index (κ2) is 11.6. The quantitative estimate of drug-likeness (QED) is 0.188. The van der Waals surface area contributed by atoms with Crippen molar-refractivity contribution in [3.63, 3.8) is 0 Å². The van der Waals surface area contributed by atoms with Crippen LogP contribution in [0.4, 0.5) is 0 Å². The molecule has 182 valence electrons. The van der Waals surface area contributed by atoms with Gasteiger partial charge in [-0.05, 0) is 63.1 Å². The van der Waals surface area contributed by atoms with Gasteiger partial charge in [-0.3, -0.25) is 4.57 Å². The van der Waals surface area contributed by atoms with Crippen molar-refractivity contribution in [2.75, 3.05) is 12.4 Å². The van der Waals surface area contributed by atoms with Crippen molar-refractivity contribution in [2.45, 2.75) is 42.5 Å². The van der Waals surface area contributed by atoms with E-state index >= 15 is 0 Å². The fourth-order valence-corrected chi connectivity index (χ4v) is 5.73. The van der Waals surface area contributed by atoms with Crippen LogP contribution in [0.3, 0.4) is 0 Å². The lowest BCUT2D eigenvalue weighted by atomic mass is 10.2. The second-order valence-electron chi connectivity index (χ2n) is 8.36. The first-order valence-electron chi connectivity index (χ1n) is 11.5. The number of nitrogens with zero attached hydrogens (tertiary/aromatic N) is 3. The summed E-state index contributed by atoms with van der Waals surface area (Å²) in [7, 11) is -3.56. The van der Waals surface area contributed by atoms with Crippen molar-refractivity contribution in [3.05, 3.63) is 95.8 Å². The van der Waals surface area contributed by atoms with Crippen molar-refractivity contribution in [1.82, 2.24) is 14.8 Å². The molecule has 4 aromatic rings. The number of hydrogen-bond donors (Lipinski definition) is 0. The molecule has 8 heteroatoms. The molecule has 0 amide bonds. The van der Waals surface area contributed by atoms with Crippen molar-refractivity contribution in [3.8, 4) is 11.4 Å². The van der Waals surface area contributed by atoms with Crippen LogP contribution in [0, 0.1) is 13.8 Å². The Morgan fingerprint density at radius 1 is 0.829 bits per heavy atom. The number of rotatable bonds is 11. The summed E-state index contributed by atoms with van der Waals surface area (Å²) in [5, 5.41) is 9.29. The summed E-state index contributed by atoms with van der Waals surface area (Å²) in [6.07, 6.45) is 1.85. The third kappa shape index (κ3) is 6.74. The highest BCUT2D eigenvalue weighted by Crippen LogP contribution is 2.25. The third-order valence-corrected chi connectivity index (χ3v) is 8.12. The first-order valence-corrected chi connectivity index (χ1v) is 14.2. The van der Waals surface area contributed by atoms with Crippen LogP contribution in [0.15, 0.2) is 88.9 Å². The van der Waals surface area contributed by atoms with Crippen LogP contribution in [0.5, 0.6) is 5.75 Å². The summed E-state index contributed by atoms with van der Waals surface area (Å²) in [6.45, 7) is 4.63. The Hall–Kier alpha value is -3.10. The van der Waals surface area contributed by atoms with Gasteiger partial charge in [0, 0.05) is 11.4 Å². The molecule has 0 radical (unpaired) electrons. The summed E-state index contributed by atoms with van der Waals surface area (Å²) >= 11 is 1.57. The zero-order valence-corrected chi connectivity index (χ0v) is 21.6. The number of ether oxygens (including phenoxy) is 1. The molecule has 0 aliphatic carbocycles. The molecule has 6 nitrogen and oxygen atoms in total. The standard InChI is InChI=1S/C27H29N3O3S2/c1-21-10-14-24(15-11-21)33-18-6-7-19-34-27-29-28-26(30(27)23-8-4-3-5-9-23)20-35(31,32)25-16-12-22(2)13-17-25/h3-5,8-17H,6-7,18-20H2,1-2H3. The molecule has 0 aliphatic heterocycles. The van der Waals surface area contributed by atoms with E-state index in [1.165, 1.54) is 5.56 Å². The molecule has 0 bridgehead atoms. The van der Waals surface area contributed by atoms with Crippen molar-refractivity contribution in [2.24, 2.45) is 0 Å². The fraction of sp³-hybridized carbons (Fsp3) is 0.259. The SMILES string of the molecule is Cc1ccc(OCCCCSc2nnc(CS(=O)(=O)c3ccc(C)cc3)n2-c2ccccc2)cc1. The second-order valence-corrected chi connectivity index (χ2v) is 11.4. The molecule has 0 fully saturated rings. The Morgan fingerprint density at radius 3 is 2.17 bits per heavy atom. The van der Waals surface area contributed by atoms with E-state index in [1.54, 1.807) is 36.0 Å². The summed E-state index contributed by atoms with van der Waals surface area (Å²) in [5.74, 6) is 1.89. The van der Waals surface area contributed by atoms with Gasteiger partial charge in [-0.25, -0.2) is 8.42 Å². The first-order chi connectivity index (χ1) is 16.9. The molecule has 3 aromatic carbocycles. The van der Waals surface area contributed by atoms with Crippen LogP contribution in [-0.2, 0) is 15.6 Å². The molecular weight excluding hydrogens is 478 g/mol. The van der Waals surface area contributed by atoms with Crippen LogP contribution in [0.2, 0.25) is 0 Å². The molecule has 35 heavy (non-hydrogen) atoms. The number of benzene rings is 3. The normalized spacial score (nSPS) is 11.5. The predicted molar refractivity (Wildman–Crippen MR) is 140 cm³/mol. The van der Waals surface area contributed by atoms with Gasteiger partial charge in [0.15, 0.2) is 20.8 Å². The molecule has 1 aromatic heterocycles. The number of unbranched alkanes of at least 4 members (excludes halogenated alkanes) is 1. The minimum absolute atomic E-state index is 0.219. The van der Waals surface area contributed by atoms with Gasteiger partial charge in [0.1, 0.15) is 11.5 Å². The molecule has 0 aliphatic rings. The minimum atomic E-state index is -3.56. The van der Waals surface area contributed by atoms with Crippen molar-refractivity contribution >= 4 is 21.6 Å². The number of aryl methyl sites for hydroxylation is 2. The third-order valence-electron chi connectivity index (χ3n) is 5.47. The summed E-state index contributed by atoms with van der Waals surface area (Å²) in [6, 6.07) is 24.6. The maximum Gasteiger partial charge on any atom is 0.195 e. The highest BCUT2D eigenvalue weighted by Gasteiger charge is 2.22. The van der Waals surface area contributed by atoms with Gasteiger partial charge in [-0.2, -0.15) is 0 Å². The summed E-state index contributed by atoms with van der Waals surface area (Å²) in [5.41, 5.74) is 3.07. The van der Waals surface area contributed by atoms with Gasteiger partial charge in [0.05, 0.1) is 11.5 Å². The van der Waals surface area contributed by atoms with Gasteiger partial charge in [0.2, 0.25) is 0 Å². The fourth-order valence-electron chi connectivity index (χ4n) is 3.51. The van der Waals surface area contributed by atoms with E-state index in [-0.39, 0.29) is 10.6 Å². The van der Waals surface area contributed by atoms with Crippen LogP contribution in [-0.4, -0.2) is 35.5 Å². The van der Waals surface area contributed by atoms with E-state index in [2.05, 4.69) is 17.1 Å². The molecule has 1 heterocycles. The van der Waals surface area contributed by atoms with E-state index in [9.17, 15) is 8.42 Å². The van der Waals surface area contributed by atoms with Gasteiger partial charge < -0.3 is 4.74 Å². The van der Waals surface area contributed by atoms with Crippen LogP contribution in [0.25, 0.3) is 5.69 Å². The van der Waals surface area contributed by atoms with Gasteiger partial charge in [-0.1, -0.05) is 65.4 Å². The van der Waals surface area contributed by atoms with E-state index in [4.69, 9.17) is 4.74 Å². The lowest BCUT2D eigenvalue weighted by Gasteiger charge is -2.11. The Kier molecular flexibility index (Phi) is 8.25. The molecule has 0 N–H and O–H groups in total. The van der Waals surface area contributed by atoms with Crippen LogP contribution >= 0.6 is 11.8 Å². The highest BCUT2D eigenvalue weighted by atomic mass is 32.2. The van der Waals surface area contributed by atoms with E-state index in [0.717, 1.165) is 35.6 Å². The largest absolute Gasteiger partial charge is 0.494 e. The summed E-state index contributed by atoms with van der Waals surface area (Å²) in [4.78, 5) is 0.286. The average Bonchev–Trinajstić information content (AvgIpc) is 3.24. The van der Waals surface area contributed by atoms with E-state index < -0.39 is 9.84 Å². The maximum absolute atomic E-state index is 13.1. The van der Waals surface area contributed by atoms with Gasteiger partial charge in [-0.15, -0.1) is 10.2 Å². The topological polar surface area (TPSA) is 74.1 Å². The zero-order chi connectivity index (χ0) is 24.7. The summed E-state index contributed by atoms with van der Waals surface area (Å²) < 4.78 is 33.8. The van der Waals surface area contributed by atoms with Crippen LogP contribution in [0.1, 0.15) is 29.8 Å². The lowest BCUT2D eigenvalue weighted by Crippen LogP contribution is -2.11. The van der Waals surface area contributed by atoms with Crippen LogP contribution < -0.4 is 4.74 Å². The zero-order valence-electron chi connectivity index (χ0n) is 19.9. The molecule has 4 rings (SSSR count). The smallest absolute Gasteiger partial charge is 0.195 e. The number of hydrogen-bond acceptors (Lipinski definition) is 6.